The highest BCUT2D eigenvalue weighted by Crippen LogP contribution is 2.43. The fourth-order valence-electron chi connectivity index (χ4n) is 3.68. The maximum Gasteiger partial charge on any atom is 0.125 e. The van der Waals surface area contributed by atoms with Gasteiger partial charge in [-0.15, -0.1) is 0 Å². The summed E-state index contributed by atoms with van der Waals surface area (Å²) in [6.07, 6.45) is 1.81. The lowest BCUT2D eigenvalue weighted by molar-refractivity contribution is 0.0461. The van der Waals surface area contributed by atoms with Gasteiger partial charge < -0.3 is 14.9 Å². The molecule has 1 aliphatic rings. The molecule has 1 saturated heterocycles. The Kier molecular flexibility index (Phi) is 6.59. The number of nitrogens with zero attached hydrogens (tertiary/aromatic N) is 1. The molecule has 2 aromatic carbocycles. The van der Waals surface area contributed by atoms with Crippen LogP contribution in [0.2, 0.25) is 5.02 Å². The summed E-state index contributed by atoms with van der Waals surface area (Å²) in [5.41, 5.74) is 1.45. The van der Waals surface area contributed by atoms with Crippen LogP contribution in [0.4, 0.5) is 0 Å². The van der Waals surface area contributed by atoms with Crippen molar-refractivity contribution in [3.05, 3.63) is 63.1 Å². The first-order valence-corrected chi connectivity index (χ1v) is 9.90. The molecule has 2 aromatic rings. The van der Waals surface area contributed by atoms with Crippen LogP contribution in [0.1, 0.15) is 24.0 Å². The second kappa shape index (κ2) is 8.72. The van der Waals surface area contributed by atoms with Crippen molar-refractivity contribution >= 4 is 27.5 Å². The number of benzene rings is 2. The van der Waals surface area contributed by atoms with Gasteiger partial charge in [-0.25, -0.2) is 0 Å². The highest BCUT2D eigenvalue weighted by atomic mass is 79.9. The molecule has 0 aliphatic carbocycles. The molecule has 0 aromatic heterocycles. The molecule has 1 unspecified atom stereocenters. The summed E-state index contributed by atoms with van der Waals surface area (Å²) in [5.74, 6) is 0.752. The van der Waals surface area contributed by atoms with Crippen molar-refractivity contribution in [2.75, 3.05) is 26.3 Å². The first-order chi connectivity index (χ1) is 12.6. The first-order valence-electron chi connectivity index (χ1n) is 8.73. The highest BCUT2D eigenvalue weighted by molar-refractivity contribution is 9.10. The number of hydrogen-bond acceptors (Lipinski definition) is 4. The molecule has 0 radical (unpaired) electrons. The third-order valence-electron chi connectivity index (χ3n) is 5.01. The van der Waals surface area contributed by atoms with Crippen molar-refractivity contribution in [3.63, 3.8) is 0 Å². The van der Waals surface area contributed by atoms with E-state index in [4.69, 9.17) is 16.3 Å². The van der Waals surface area contributed by atoms with Gasteiger partial charge in [0.05, 0.1) is 18.8 Å². The zero-order valence-corrected chi connectivity index (χ0v) is 16.8. The van der Waals surface area contributed by atoms with Crippen LogP contribution < -0.4 is 4.74 Å². The molecule has 0 amide bonds. The third kappa shape index (κ3) is 4.07. The Bertz CT molecular complexity index is 740. The van der Waals surface area contributed by atoms with Crippen LogP contribution in [0, 0.1) is 0 Å². The maximum atomic E-state index is 10.3. The molecule has 140 valence electrons. The quantitative estimate of drug-likeness (QED) is 0.684. The fraction of sp³-hybridized carbons (Fsp3) is 0.400. The number of aliphatic hydroxyl groups is 2. The van der Waals surface area contributed by atoms with Crippen molar-refractivity contribution in [3.8, 4) is 5.75 Å². The van der Waals surface area contributed by atoms with Crippen LogP contribution in [-0.2, 0) is 12.1 Å². The minimum absolute atomic E-state index is 0.0131. The van der Waals surface area contributed by atoms with Gasteiger partial charge in [0.15, 0.2) is 0 Å². The average Bonchev–Trinajstić information content (AvgIpc) is 3.06. The van der Waals surface area contributed by atoms with Crippen LogP contribution in [0.15, 0.2) is 46.9 Å². The van der Waals surface area contributed by atoms with E-state index in [1.165, 1.54) is 0 Å². The summed E-state index contributed by atoms with van der Waals surface area (Å²) in [4.78, 5) is 2.16. The van der Waals surface area contributed by atoms with E-state index in [2.05, 4.69) is 20.8 Å². The molecule has 1 heterocycles. The Labute approximate surface area is 167 Å². The molecule has 1 aliphatic heterocycles. The minimum atomic E-state index is -0.526. The lowest BCUT2D eigenvalue weighted by atomic mass is 9.87. The number of halogens is 2. The number of hydrogen-bond donors (Lipinski definition) is 2. The summed E-state index contributed by atoms with van der Waals surface area (Å²) in [6, 6.07) is 13.5. The van der Waals surface area contributed by atoms with E-state index in [0.29, 0.717) is 18.2 Å². The Hall–Kier alpha value is -1.11. The van der Waals surface area contributed by atoms with E-state index in [1.54, 1.807) is 0 Å². The van der Waals surface area contributed by atoms with Gasteiger partial charge in [0.2, 0.25) is 0 Å². The van der Waals surface area contributed by atoms with Gasteiger partial charge in [-0.2, -0.15) is 0 Å². The Morgan fingerprint density at radius 2 is 1.92 bits per heavy atom. The van der Waals surface area contributed by atoms with Gasteiger partial charge in [0.25, 0.3) is 0 Å². The lowest BCUT2D eigenvalue weighted by Crippen LogP contribution is -2.45. The number of likely N-dealkylation sites (tertiary alicyclic amines) is 1. The minimum Gasteiger partial charge on any atom is -0.489 e. The van der Waals surface area contributed by atoms with E-state index in [0.717, 1.165) is 40.7 Å². The topological polar surface area (TPSA) is 52.9 Å². The molecule has 0 spiro atoms. The summed E-state index contributed by atoms with van der Waals surface area (Å²) in [7, 11) is 0. The van der Waals surface area contributed by atoms with E-state index in [-0.39, 0.29) is 13.2 Å². The predicted molar refractivity (Wildman–Crippen MR) is 107 cm³/mol. The normalized spacial score (nSPS) is 20.5. The predicted octanol–water partition coefficient (Wildman–Crippen LogP) is 3.96. The first kappa shape index (κ1) is 19.6. The molecular weight excluding hydrogens is 418 g/mol. The molecule has 3 rings (SSSR count). The largest absolute Gasteiger partial charge is 0.489 e. The van der Waals surface area contributed by atoms with Crippen LogP contribution in [0.3, 0.4) is 0 Å². The van der Waals surface area contributed by atoms with Crippen molar-refractivity contribution in [2.24, 2.45) is 0 Å². The zero-order chi connectivity index (χ0) is 18.6. The third-order valence-corrected chi connectivity index (χ3v) is 5.75. The molecular formula is C20H23BrClNO3. The summed E-state index contributed by atoms with van der Waals surface area (Å²) in [6.45, 7) is 1.86. The molecule has 6 heteroatoms. The van der Waals surface area contributed by atoms with Crippen molar-refractivity contribution in [2.45, 2.75) is 25.0 Å². The van der Waals surface area contributed by atoms with E-state index in [9.17, 15) is 10.2 Å². The monoisotopic (exact) mass is 439 g/mol. The molecule has 1 atom stereocenters. The second-order valence-corrected chi connectivity index (χ2v) is 7.91. The highest BCUT2D eigenvalue weighted by Gasteiger charge is 2.43. The van der Waals surface area contributed by atoms with E-state index in [1.807, 2.05) is 42.5 Å². The standard InChI is InChI=1S/C20H23BrClNO3/c21-16-4-7-19(26-13-15-2-5-17(22)6-3-15)18(12-16)20(14-25)8-1-9-23(20)10-11-24/h2-7,12,24-25H,1,8-11,13-14H2. The fourth-order valence-corrected chi connectivity index (χ4v) is 4.17. The van der Waals surface area contributed by atoms with Crippen LogP contribution in [-0.4, -0.2) is 41.4 Å². The molecule has 0 bridgehead atoms. The van der Waals surface area contributed by atoms with Gasteiger partial charge >= 0.3 is 0 Å². The molecule has 1 fully saturated rings. The van der Waals surface area contributed by atoms with Gasteiger partial charge in [-0.05, 0) is 55.3 Å². The van der Waals surface area contributed by atoms with Gasteiger partial charge in [0, 0.05) is 21.6 Å². The second-order valence-electron chi connectivity index (χ2n) is 6.56. The van der Waals surface area contributed by atoms with Gasteiger partial charge in [0.1, 0.15) is 12.4 Å². The van der Waals surface area contributed by atoms with Gasteiger partial charge in [-0.1, -0.05) is 39.7 Å². The SMILES string of the molecule is OCCN1CCCC1(CO)c1cc(Br)ccc1OCc1ccc(Cl)cc1. The molecule has 0 saturated carbocycles. The average molecular weight is 441 g/mol. The van der Waals surface area contributed by atoms with Crippen molar-refractivity contribution in [1.82, 2.24) is 4.90 Å². The van der Waals surface area contributed by atoms with Crippen LogP contribution in [0.25, 0.3) is 0 Å². The van der Waals surface area contributed by atoms with Crippen LogP contribution >= 0.6 is 27.5 Å². The maximum absolute atomic E-state index is 10.3. The number of rotatable bonds is 7. The zero-order valence-electron chi connectivity index (χ0n) is 14.5. The number of β-amino-alcohol motifs (C(OH)–C–C–N with tert-alkyl or cyclic N) is 1. The summed E-state index contributed by atoms with van der Waals surface area (Å²) >= 11 is 9.48. The number of ether oxygens (including phenoxy) is 1. The van der Waals surface area contributed by atoms with E-state index < -0.39 is 5.54 Å². The lowest BCUT2D eigenvalue weighted by Gasteiger charge is -2.38. The molecule has 26 heavy (non-hydrogen) atoms. The summed E-state index contributed by atoms with van der Waals surface area (Å²) in [5, 5.41) is 20.4. The Morgan fingerprint density at radius 1 is 1.15 bits per heavy atom. The Morgan fingerprint density at radius 3 is 2.62 bits per heavy atom. The molecule has 4 nitrogen and oxygen atoms in total. The van der Waals surface area contributed by atoms with Crippen molar-refractivity contribution in [1.29, 1.82) is 0 Å². The smallest absolute Gasteiger partial charge is 0.125 e. The van der Waals surface area contributed by atoms with E-state index >= 15 is 0 Å². The summed E-state index contributed by atoms with van der Waals surface area (Å²) < 4.78 is 7.06. The van der Waals surface area contributed by atoms with Crippen LogP contribution in [0.5, 0.6) is 5.75 Å². The molecule has 2 N–H and O–H groups in total. The number of aliphatic hydroxyl groups excluding tert-OH is 2. The Balaban J connectivity index is 1.90. The van der Waals surface area contributed by atoms with Gasteiger partial charge in [-0.3, -0.25) is 4.90 Å². The van der Waals surface area contributed by atoms with Crippen molar-refractivity contribution < 1.29 is 14.9 Å².